The van der Waals surface area contributed by atoms with Crippen molar-refractivity contribution in [2.75, 3.05) is 6.61 Å². The van der Waals surface area contributed by atoms with Crippen LogP contribution >= 0.6 is 11.3 Å². The average molecular weight is 331 g/mol. The molecule has 0 saturated carbocycles. The SMILES string of the molecule is Cc1nc([C@H](C)NC(=O)N[C@@H]2CCO[C@H]2c2ccccc2)cs1. The Kier molecular flexibility index (Phi) is 4.93. The first-order chi connectivity index (χ1) is 11.1. The molecule has 1 saturated heterocycles. The van der Waals surface area contributed by atoms with Crippen LogP contribution in [0.15, 0.2) is 35.7 Å². The maximum Gasteiger partial charge on any atom is 0.315 e. The van der Waals surface area contributed by atoms with Gasteiger partial charge in [-0.15, -0.1) is 11.3 Å². The summed E-state index contributed by atoms with van der Waals surface area (Å²) in [4.78, 5) is 16.7. The lowest BCUT2D eigenvalue weighted by Gasteiger charge is -2.21. The van der Waals surface area contributed by atoms with Crippen LogP contribution < -0.4 is 10.6 Å². The molecule has 2 aromatic rings. The summed E-state index contributed by atoms with van der Waals surface area (Å²) in [5.74, 6) is 0. The molecule has 1 aliphatic rings. The average Bonchev–Trinajstić information content (AvgIpc) is 3.17. The topological polar surface area (TPSA) is 63.2 Å². The van der Waals surface area contributed by atoms with E-state index >= 15 is 0 Å². The van der Waals surface area contributed by atoms with Gasteiger partial charge in [0.25, 0.3) is 0 Å². The first-order valence-electron chi connectivity index (χ1n) is 7.79. The Morgan fingerprint density at radius 1 is 1.39 bits per heavy atom. The molecule has 3 rings (SSSR count). The second kappa shape index (κ2) is 7.10. The van der Waals surface area contributed by atoms with Crippen molar-refractivity contribution in [3.63, 3.8) is 0 Å². The molecule has 6 heteroatoms. The molecule has 0 unspecified atom stereocenters. The van der Waals surface area contributed by atoms with E-state index in [0.29, 0.717) is 6.61 Å². The molecule has 2 amide bonds. The fourth-order valence-electron chi connectivity index (χ4n) is 2.77. The number of hydrogen-bond acceptors (Lipinski definition) is 4. The highest BCUT2D eigenvalue weighted by molar-refractivity contribution is 7.09. The Bertz CT molecular complexity index is 659. The Morgan fingerprint density at radius 2 is 2.17 bits per heavy atom. The first-order valence-corrected chi connectivity index (χ1v) is 8.67. The van der Waals surface area contributed by atoms with E-state index in [9.17, 15) is 4.79 Å². The van der Waals surface area contributed by atoms with Crippen LogP contribution in [0.4, 0.5) is 4.79 Å². The van der Waals surface area contributed by atoms with Gasteiger partial charge >= 0.3 is 6.03 Å². The largest absolute Gasteiger partial charge is 0.371 e. The van der Waals surface area contributed by atoms with Gasteiger partial charge in [-0.3, -0.25) is 0 Å². The summed E-state index contributed by atoms with van der Waals surface area (Å²) in [5.41, 5.74) is 1.99. The Morgan fingerprint density at radius 3 is 2.87 bits per heavy atom. The normalized spacial score (nSPS) is 21.8. The smallest absolute Gasteiger partial charge is 0.315 e. The number of nitrogens with zero attached hydrogens (tertiary/aromatic N) is 1. The van der Waals surface area contributed by atoms with Gasteiger partial charge in [-0.2, -0.15) is 0 Å². The number of ether oxygens (including phenoxy) is 1. The third kappa shape index (κ3) is 3.89. The van der Waals surface area contributed by atoms with Gasteiger partial charge < -0.3 is 15.4 Å². The lowest BCUT2D eigenvalue weighted by atomic mass is 10.0. The lowest BCUT2D eigenvalue weighted by Crippen LogP contribution is -2.44. The molecule has 23 heavy (non-hydrogen) atoms. The molecule has 1 aromatic heterocycles. The molecule has 1 aromatic carbocycles. The number of hydrogen-bond donors (Lipinski definition) is 2. The van der Waals surface area contributed by atoms with E-state index in [1.54, 1.807) is 11.3 Å². The van der Waals surface area contributed by atoms with Crippen molar-refractivity contribution in [1.29, 1.82) is 0 Å². The lowest BCUT2D eigenvalue weighted by molar-refractivity contribution is 0.0998. The molecule has 5 nitrogen and oxygen atoms in total. The zero-order chi connectivity index (χ0) is 16.2. The summed E-state index contributed by atoms with van der Waals surface area (Å²) < 4.78 is 5.79. The van der Waals surface area contributed by atoms with Crippen LogP contribution in [-0.2, 0) is 4.74 Å². The van der Waals surface area contributed by atoms with Crippen molar-refractivity contribution in [3.8, 4) is 0 Å². The maximum absolute atomic E-state index is 12.3. The minimum atomic E-state index is -0.181. The van der Waals surface area contributed by atoms with Crippen LogP contribution in [0, 0.1) is 6.92 Å². The van der Waals surface area contributed by atoms with Crippen molar-refractivity contribution in [2.45, 2.75) is 38.5 Å². The van der Waals surface area contributed by atoms with Gasteiger partial charge in [-0.1, -0.05) is 30.3 Å². The maximum atomic E-state index is 12.3. The molecule has 0 spiro atoms. The summed E-state index contributed by atoms with van der Waals surface area (Å²) in [6, 6.07) is 9.71. The minimum absolute atomic E-state index is 0.0122. The van der Waals surface area contributed by atoms with Crippen LogP contribution in [0.5, 0.6) is 0 Å². The Hall–Kier alpha value is -1.92. The van der Waals surface area contributed by atoms with Gasteiger partial charge in [0.2, 0.25) is 0 Å². The number of rotatable bonds is 4. The number of carbonyl (C=O) groups excluding carboxylic acids is 1. The Balaban J connectivity index is 1.59. The standard InChI is InChI=1S/C17H21N3O2S/c1-11(15-10-23-12(2)19-15)18-17(21)20-14-8-9-22-16(14)13-6-4-3-5-7-13/h3-7,10-11,14,16H,8-9H2,1-2H3,(H2,18,20,21)/t11-,14+,16-/m0/s1. The molecule has 1 fully saturated rings. The van der Waals surface area contributed by atoms with Gasteiger partial charge in [0.1, 0.15) is 6.10 Å². The van der Waals surface area contributed by atoms with Crippen molar-refractivity contribution in [2.24, 2.45) is 0 Å². The van der Waals surface area contributed by atoms with Crippen LogP contribution in [0.3, 0.4) is 0 Å². The number of carbonyl (C=O) groups is 1. The number of benzene rings is 1. The van der Waals surface area contributed by atoms with E-state index in [4.69, 9.17) is 4.74 Å². The van der Waals surface area contributed by atoms with E-state index in [-0.39, 0.29) is 24.2 Å². The van der Waals surface area contributed by atoms with Crippen LogP contribution in [0.1, 0.15) is 41.8 Å². The second-order valence-electron chi connectivity index (χ2n) is 5.73. The highest BCUT2D eigenvalue weighted by atomic mass is 32.1. The highest BCUT2D eigenvalue weighted by Crippen LogP contribution is 2.29. The van der Waals surface area contributed by atoms with Gasteiger partial charge in [0.15, 0.2) is 0 Å². The molecule has 3 atom stereocenters. The zero-order valence-corrected chi connectivity index (χ0v) is 14.1. The quantitative estimate of drug-likeness (QED) is 0.903. The van der Waals surface area contributed by atoms with Crippen molar-refractivity contribution < 1.29 is 9.53 Å². The molecule has 0 aliphatic carbocycles. The van der Waals surface area contributed by atoms with E-state index < -0.39 is 0 Å². The third-order valence-electron chi connectivity index (χ3n) is 3.96. The molecular formula is C17H21N3O2S. The van der Waals surface area contributed by atoms with Gasteiger partial charge in [-0.25, -0.2) is 9.78 Å². The van der Waals surface area contributed by atoms with Gasteiger partial charge in [-0.05, 0) is 25.8 Å². The number of aryl methyl sites for hydroxylation is 1. The summed E-state index contributed by atoms with van der Waals surface area (Å²) in [5, 5.41) is 8.96. The second-order valence-corrected chi connectivity index (χ2v) is 6.79. The van der Waals surface area contributed by atoms with Gasteiger partial charge in [0.05, 0.1) is 22.8 Å². The molecule has 2 N–H and O–H groups in total. The zero-order valence-electron chi connectivity index (χ0n) is 13.3. The minimum Gasteiger partial charge on any atom is -0.371 e. The molecule has 1 aliphatic heterocycles. The van der Waals surface area contributed by atoms with E-state index in [0.717, 1.165) is 22.7 Å². The predicted octanol–water partition coefficient (Wildman–Crippen LogP) is 3.34. The monoisotopic (exact) mass is 331 g/mol. The van der Waals surface area contributed by atoms with Crippen LogP contribution in [-0.4, -0.2) is 23.7 Å². The van der Waals surface area contributed by atoms with Crippen molar-refractivity contribution in [3.05, 3.63) is 52.0 Å². The number of aromatic nitrogens is 1. The van der Waals surface area contributed by atoms with Crippen molar-refractivity contribution in [1.82, 2.24) is 15.6 Å². The summed E-state index contributed by atoms with van der Waals surface area (Å²) in [6.07, 6.45) is 0.732. The van der Waals surface area contributed by atoms with Gasteiger partial charge in [0, 0.05) is 12.0 Å². The van der Waals surface area contributed by atoms with E-state index in [2.05, 4.69) is 15.6 Å². The molecular weight excluding hydrogens is 310 g/mol. The molecule has 0 radical (unpaired) electrons. The molecule has 122 valence electrons. The number of urea groups is 1. The summed E-state index contributed by atoms with van der Waals surface area (Å²) in [6.45, 7) is 4.56. The fraction of sp³-hybridized carbons (Fsp3) is 0.412. The van der Waals surface area contributed by atoms with Crippen LogP contribution in [0.2, 0.25) is 0 Å². The number of amides is 2. The highest BCUT2D eigenvalue weighted by Gasteiger charge is 2.31. The van der Waals surface area contributed by atoms with E-state index in [1.807, 2.05) is 49.6 Å². The third-order valence-corrected chi connectivity index (χ3v) is 4.76. The molecule has 2 heterocycles. The number of nitrogens with one attached hydrogen (secondary N) is 2. The first kappa shape index (κ1) is 16.0. The Labute approximate surface area is 140 Å². The predicted molar refractivity (Wildman–Crippen MR) is 90.5 cm³/mol. The van der Waals surface area contributed by atoms with Crippen molar-refractivity contribution >= 4 is 17.4 Å². The molecule has 0 bridgehead atoms. The fourth-order valence-corrected chi connectivity index (χ4v) is 3.47. The summed E-state index contributed by atoms with van der Waals surface area (Å²) >= 11 is 1.59. The summed E-state index contributed by atoms with van der Waals surface area (Å²) in [7, 11) is 0. The van der Waals surface area contributed by atoms with Crippen LogP contribution in [0.25, 0.3) is 0 Å². The van der Waals surface area contributed by atoms with E-state index in [1.165, 1.54) is 0 Å². The number of thiazole rings is 1.